The number of halogens is 1. The van der Waals surface area contributed by atoms with Crippen LogP contribution in [0.5, 0.6) is 0 Å². The number of benzene rings is 2. The van der Waals surface area contributed by atoms with Crippen LogP contribution >= 0.6 is 11.6 Å². The fourth-order valence-electron chi connectivity index (χ4n) is 2.51. The predicted molar refractivity (Wildman–Crippen MR) is 101 cm³/mol. The quantitative estimate of drug-likeness (QED) is 0.725. The van der Waals surface area contributed by atoms with Crippen molar-refractivity contribution in [3.8, 4) is 11.3 Å². The van der Waals surface area contributed by atoms with Crippen molar-refractivity contribution in [1.29, 1.82) is 0 Å². The second kappa shape index (κ2) is 6.95. The van der Waals surface area contributed by atoms with Crippen LogP contribution in [0.15, 0.2) is 59.4 Å². The fraction of sp³-hybridized carbons (Fsp3) is 0.100. The highest BCUT2D eigenvalue weighted by molar-refractivity contribution is 6.30. The molecule has 0 atom stereocenters. The van der Waals surface area contributed by atoms with Crippen molar-refractivity contribution in [3.05, 3.63) is 86.7 Å². The number of nitrogens with one attached hydrogen (secondary N) is 2. The standard InChI is InChI=1S/C20H17ClN2O2/c1-12-3-4-13(2)18(11-12)23-20(25)16-9-10-17(22-19(16)24)14-5-7-15(21)8-6-14/h3-11H,1-2H3,(H,22,24)(H,23,25). The van der Waals surface area contributed by atoms with Crippen molar-refractivity contribution in [2.45, 2.75) is 13.8 Å². The van der Waals surface area contributed by atoms with Crippen LogP contribution in [0.2, 0.25) is 5.02 Å². The van der Waals surface area contributed by atoms with Gasteiger partial charge in [-0.15, -0.1) is 0 Å². The van der Waals surface area contributed by atoms with Crippen molar-refractivity contribution in [2.75, 3.05) is 5.32 Å². The highest BCUT2D eigenvalue weighted by atomic mass is 35.5. The van der Waals surface area contributed by atoms with E-state index in [0.29, 0.717) is 16.4 Å². The van der Waals surface area contributed by atoms with Crippen LogP contribution in [0.4, 0.5) is 5.69 Å². The SMILES string of the molecule is Cc1ccc(C)c(NC(=O)c2ccc(-c3ccc(Cl)cc3)[nH]c2=O)c1. The van der Waals surface area contributed by atoms with E-state index >= 15 is 0 Å². The van der Waals surface area contributed by atoms with Crippen molar-refractivity contribution in [2.24, 2.45) is 0 Å². The third-order valence-corrected chi connectivity index (χ3v) is 4.20. The van der Waals surface area contributed by atoms with Gasteiger partial charge in [0.1, 0.15) is 5.56 Å². The lowest BCUT2D eigenvalue weighted by Gasteiger charge is -2.09. The molecule has 0 saturated heterocycles. The van der Waals surface area contributed by atoms with Crippen LogP contribution in [0.1, 0.15) is 21.5 Å². The fourth-order valence-corrected chi connectivity index (χ4v) is 2.64. The van der Waals surface area contributed by atoms with Gasteiger partial charge in [-0.2, -0.15) is 0 Å². The van der Waals surface area contributed by atoms with Gasteiger partial charge in [-0.3, -0.25) is 9.59 Å². The molecule has 5 heteroatoms. The van der Waals surface area contributed by atoms with Gasteiger partial charge in [-0.25, -0.2) is 0 Å². The molecule has 2 aromatic carbocycles. The van der Waals surface area contributed by atoms with Crippen LogP contribution in [-0.4, -0.2) is 10.9 Å². The number of amides is 1. The lowest BCUT2D eigenvalue weighted by molar-refractivity contribution is 0.102. The zero-order valence-corrected chi connectivity index (χ0v) is 14.6. The van der Waals surface area contributed by atoms with Gasteiger partial charge in [0.05, 0.1) is 0 Å². The molecule has 0 unspecified atom stereocenters. The summed E-state index contributed by atoms with van der Waals surface area (Å²) in [6.07, 6.45) is 0. The average Bonchev–Trinajstić information content (AvgIpc) is 2.58. The first kappa shape index (κ1) is 17.0. The van der Waals surface area contributed by atoms with Crippen molar-refractivity contribution >= 4 is 23.2 Å². The van der Waals surface area contributed by atoms with Crippen molar-refractivity contribution in [1.82, 2.24) is 4.98 Å². The van der Waals surface area contributed by atoms with E-state index in [2.05, 4.69) is 10.3 Å². The maximum atomic E-state index is 12.4. The lowest BCUT2D eigenvalue weighted by Crippen LogP contribution is -2.23. The summed E-state index contributed by atoms with van der Waals surface area (Å²) in [6, 6.07) is 16.1. The van der Waals surface area contributed by atoms with Crippen LogP contribution in [-0.2, 0) is 0 Å². The molecule has 0 aliphatic heterocycles. The topological polar surface area (TPSA) is 62.0 Å². The number of aromatic nitrogens is 1. The minimum atomic E-state index is -0.435. The predicted octanol–water partition coefficient (Wildman–Crippen LogP) is 4.56. The Morgan fingerprint density at radius 1 is 1.00 bits per heavy atom. The summed E-state index contributed by atoms with van der Waals surface area (Å²) in [5.41, 5.74) is 3.76. The second-order valence-electron chi connectivity index (χ2n) is 5.89. The van der Waals surface area contributed by atoms with Gasteiger partial charge >= 0.3 is 0 Å². The summed E-state index contributed by atoms with van der Waals surface area (Å²) in [6.45, 7) is 3.85. The molecule has 1 heterocycles. The number of aryl methyl sites for hydroxylation is 2. The van der Waals surface area contributed by atoms with Crippen LogP contribution < -0.4 is 10.9 Å². The molecule has 25 heavy (non-hydrogen) atoms. The van der Waals surface area contributed by atoms with Crippen molar-refractivity contribution in [3.63, 3.8) is 0 Å². The number of aromatic amines is 1. The van der Waals surface area contributed by atoms with Gasteiger partial charge < -0.3 is 10.3 Å². The van der Waals surface area contributed by atoms with Crippen LogP contribution in [0.25, 0.3) is 11.3 Å². The summed E-state index contributed by atoms with van der Waals surface area (Å²) in [7, 11) is 0. The number of hydrogen-bond acceptors (Lipinski definition) is 2. The molecule has 126 valence electrons. The number of anilines is 1. The monoisotopic (exact) mass is 352 g/mol. The molecule has 0 aliphatic carbocycles. The minimum absolute atomic E-state index is 0.0682. The molecule has 0 saturated carbocycles. The molecule has 0 fully saturated rings. The normalized spacial score (nSPS) is 10.5. The summed E-state index contributed by atoms with van der Waals surface area (Å²) < 4.78 is 0. The molecular formula is C20H17ClN2O2. The third kappa shape index (κ3) is 3.80. The van der Waals surface area contributed by atoms with E-state index in [9.17, 15) is 9.59 Å². The number of carbonyl (C=O) groups is 1. The van der Waals surface area contributed by atoms with E-state index in [0.717, 1.165) is 16.7 Å². The maximum absolute atomic E-state index is 12.4. The lowest BCUT2D eigenvalue weighted by atomic mass is 10.1. The first-order valence-corrected chi connectivity index (χ1v) is 8.20. The summed E-state index contributed by atoms with van der Waals surface area (Å²) in [5, 5.41) is 3.42. The van der Waals surface area contributed by atoms with E-state index in [1.165, 1.54) is 6.07 Å². The van der Waals surface area contributed by atoms with Gasteiger partial charge in [0, 0.05) is 16.4 Å². The smallest absolute Gasteiger partial charge is 0.261 e. The number of H-pyrrole nitrogens is 1. The van der Waals surface area contributed by atoms with E-state index in [1.54, 1.807) is 18.2 Å². The Kier molecular flexibility index (Phi) is 4.72. The van der Waals surface area contributed by atoms with Gasteiger partial charge in [0.15, 0.2) is 0 Å². The molecule has 1 aromatic heterocycles. The van der Waals surface area contributed by atoms with E-state index in [4.69, 9.17) is 11.6 Å². The van der Waals surface area contributed by atoms with Gasteiger partial charge in [-0.05, 0) is 60.9 Å². The number of pyridine rings is 1. The maximum Gasteiger partial charge on any atom is 0.261 e. The van der Waals surface area contributed by atoms with Gasteiger partial charge in [0.2, 0.25) is 0 Å². The molecule has 0 radical (unpaired) electrons. The number of hydrogen-bond donors (Lipinski definition) is 2. The van der Waals surface area contributed by atoms with Crippen molar-refractivity contribution < 1.29 is 4.79 Å². The average molecular weight is 353 g/mol. The largest absolute Gasteiger partial charge is 0.322 e. The Hall–Kier alpha value is -2.85. The Bertz CT molecular complexity index is 991. The van der Waals surface area contributed by atoms with Crippen LogP contribution in [0, 0.1) is 13.8 Å². The van der Waals surface area contributed by atoms with Crippen LogP contribution in [0.3, 0.4) is 0 Å². The molecule has 2 N–H and O–H groups in total. The Morgan fingerprint density at radius 3 is 2.40 bits per heavy atom. The summed E-state index contributed by atoms with van der Waals surface area (Å²) in [5.74, 6) is -0.433. The molecule has 0 spiro atoms. The third-order valence-electron chi connectivity index (χ3n) is 3.95. The highest BCUT2D eigenvalue weighted by Gasteiger charge is 2.13. The Morgan fingerprint density at radius 2 is 1.72 bits per heavy atom. The first-order chi connectivity index (χ1) is 11.9. The minimum Gasteiger partial charge on any atom is -0.322 e. The number of rotatable bonds is 3. The molecule has 3 rings (SSSR count). The van der Waals surface area contributed by atoms with E-state index < -0.39 is 11.5 Å². The zero-order chi connectivity index (χ0) is 18.0. The molecule has 3 aromatic rings. The Balaban J connectivity index is 1.88. The highest BCUT2D eigenvalue weighted by Crippen LogP contribution is 2.20. The van der Waals surface area contributed by atoms with E-state index in [-0.39, 0.29) is 5.56 Å². The molecule has 4 nitrogen and oxygen atoms in total. The summed E-state index contributed by atoms with van der Waals surface area (Å²) >= 11 is 5.87. The molecule has 0 bridgehead atoms. The number of carbonyl (C=O) groups excluding carboxylic acids is 1. The molecule has 0 aliphatic rings. The van der Waals surface area contributed by atoms with Gasteiger partial charge in [-0.1, -0.05) is 35.9 Å². The first-order valence-electron chi connectivity index (χ1n) is 7.82. The second-order valence-corrected chi connectivity index (χ2v) is 6.33. The Labute approximate surface area is 150 Å². The van der Waals surface area contributed by atoms with Gasteiger partial charge in [0.25, 0.3) is 11.5 Å². The molecule has 1 amide bonds. The summed E-state index contributed by atoms with van der Waals surface area (Å²) in [4.78, 5) is 27.5. The van der Waals surface area contributed by atoms with E-state index in [1.807, 2.05) is 44.2 Å². The molecular weight excluding hydrogens is 336 g/mol. The zero-order valence-electron chi connectivity index (χ0n) is 13.9.